The Balaban J connectivity index is 1.99. The van der Waals surface area contributed by atoms with Crippen molar-refractivity contribution in [1.29, 1.82) is 0 Å². The molecule has 4 rings (SSSR count). The number of rotatable bonds is 6. The molecule has 0 spiro atoms. The van der Waals surface area contributed by atoms with Crippen LogP contribution in [0.5, 0.6) is 0 Å². The number of aromatic carboxylic acids is 4. The van der Waals surface area contributed by atoms with Gasteiger partial charge in [-0.3, -0.25) is 0 Å². The second kappa shape index (κ2) is 7.43. The first-order chi connectivity index (χ1) is 15.2. The van der Waals surface area contributed by atoms with Gasteiger partial charge in [-0.2, -0.15) is 0 Å². The van der Waals surface area contributed by atoms with E-state index in [1.807, 2.05) is 0 Å². The minimum atomic E-state index is -1.33. The molecule has 0 aliphatic heterocycles. The summed E-state index contributed by atoms with van der Waals surface area (Å²) < 4.78 is 5.65. The second-order valence-corrected chi connectivity index (χ2v) is 6.79. The number of carboxylic acids is 4. The molecule has 0 aliphatic rings. The summed E-state index contributed by atoms with van der Waals surface area (Å²) in [4.78, 5) is 46.1. The van der Waals surface area contributed by atoms with E-state index in [9.17, 15) is 39.6 Å². The number of para-hydroxylation sites is 1. The van der Waals surface area contributed by atoms with Crippen molar-refractivity contribution in [3.05, 3.63) is 70.8 Å². The predicted molar refractivity (Wildman–Crippen MR) is 111 cm³/mol. The smallest absolute Gasteiger partial charge is 0.339 e. The largest absolute Gasteiger partial charge is 0.478 e. The average Bonchev–Trinajstić information content (AvgIpc) is 3.13. The van der Waals surface area contributed by atoms with Crippen LogP contribution in [0, 0.1) is 0 Å². The zero-order valence-corrected chi connectivity index (χ0v) is 15.9. The van der Waals surface area contributed by atoms with Gasteiger partial charge in [0.1, 0.15) is 16.7 Å². The Labute approximate surface area is 177 Å². The van der Waals surface area contributed by atoms with Crippen LogP contribution < -0.4 is 5.32 Å². The molecule has 160 valence electrons. The van der Waals surface area contributed by atoms with Crippen molar-refractivity contribution in [3.8, 4) is 0 Å². The van der Waals surface area contributed by atoms with Crippen molar-refractivity contribution in [2.45, 2.75) is 0 Å². The van der Waals surface area contributed by atoms with Gasteiger partial charge in [-0.05, 0) is 36.4 Å². The van der Waals surface area contributed by atoms with Crippen molar-refractivity contribution in [1.82, 2.24) is 0 Å². The van der Waals surface area contributed by atoms with Crippen molar-refractivity contribution in [2.24, 2.45) is 0 Å². The van der Waals surface area contributed by atoms with Gasteiger partial charge in [-0.15, -0.1) is 0 Å². The van der Waals surface area contributed by atoms with Crippen molar-refractivity contribution in [2.75, 3.05) is 5.32 Å². The van der Waals surface area contributed by atoms with Gasteiger partial charge in [0.25, 0.3) is 0 Å². The number of carboxylic acid groups (broad SMARTS) is 4. The average molecular weight is 435 g/mol. The molecule has 10 nitrogen and oxygen atoms in total. The number of carbonyl (C=O) groups is 4. The lowest BCUT2D eigenvalue weighted by Gasteiger charge is -2.11. The summed E-state index contributed by atoms with van der Waals surface area (Å²) in [5.74, 6) is -5.22. The van der Waals surface area contributed by atoms with Crippen LogP contribution in [0.1, 0.15) is 41.4 Å². The van der Waals surface area contributed by atoms with Gasteiger partial charge in [0.05, 0.1) is 22.2 Å². The molecule has 0 fully saturated rings. The Morgan fingerprint density at radius 2 is 1.28 bits per heavy atom. The van der Waals surface area contributed by atoms with E-state index in [4.69, 9.17) is 4.42 Å². The van der Waals surface area contributed by atoms with Crippen molar-refractivity contribution >= 4 is 57.2 Å². The van der Waals surface area contributed by atoms with E-state index >= 15 is 0 Å². The van der Waals surface area contributed by atoms with Gasteiger partial charge in [-0.1, -0.05) is 12.1 Å². The molecule has 1 heterocycles. The van der Waals surface area contributed by atoms with Crippen LogP contribution in [0.3, 0.4) is 0 Å². The lowest BCUT2D eigenvalue weighted by molar-refractivity contribution is 0.0680. The highest BCUT2D eigenvalue weighted by Gasteiger charge is 2.22. The van der Waals surface area contributed by atoms with Gasteiger partial charge in [0.15, 0.2) is 5.58 Å². The number of hydrogen-bond acceptors (Lipinski definition) is 6. The molecule has 1 aromatic heterocycles. The second-order valence-electron chi connectivity index (χ2n) is 6.79. The Kier molecular flexibility index (Phi) is 4.74. The summed E-state index contributed by atoms with van der Waals surface area (Å²) in [5, 5.41) is 41.0. The number of anilines is 2. The third-order valence-electron chi connectivity index (χ3n) is 4.81. The fraction of sp³-hybridized carbons (Fsp3) is 0. The maximum atomic E-state index is 11.7. The molecule has 5 N–H and O–H groups in total. The molecule has 0 bridgehead atoms. The summed E-state index contributed by atoms with van der Waals surface area (Å²) in [6.07, 6.45) is 0. The molecular formula is C22H13NO9. The van der Waals surface area contributed by atoms with Crippen molar-refractivity contribution < 1.29 is 44.0 Å². The molecule has 0 unspecified atom stereocenters. The van der Waals surface area contributed by atoms with E-state index in [-0.39, 0.29) is 50.2 Å². The quantitative estimate of drug-likeness (QED) is 0.296. The van der Waals surface area contributed by atoms with Crippen molar-refractivity contribution in [3.63, 3.8) is 0 Å². The third-order valence-corrected chi connectivity index (χ3v) is 4.81. The van der Waals surface area contributed by atoms with E-state index in [2.05, 4.69) is 5.32 Å². The predicted octanol–water partition coefficient (Wildman–Crippen LogP) is 4.12. The normalized spacial score (nSPS) is 10.9. The minimum Gasteiger partial charge on any atom is -0.478 e. The molecule has 0 amide bonds. The van der Waals surface area contributed by atoms with Crippen LogP contribution in [0.25, 0.3) is 21.9 Å². The number of benzene rings is 3. The van der Waals surface area contributed by atoms with E-state index in [1.54, 1.807) is 6.07 Å². The first-order valence-corrected chi connectivity index (χ1v) is 9.01. The van der Waals surface area contributed by atoms with Crippen LogP contribution in [-0.4, -0.2) is 44.3 Å². The highest BCUT2D eigenvalue weighted by atomic mass is 16.4. The van der Waals surface area contributed by atoms with Crippen LogP contribution >= 0.6 is 0 Å². The van der Waals surface area contributed by atoms with Crippen LogP contribution in [0.15, 0.2) is 52.9 Å². The Morgan fingerprint density at radius 3 is 1.84 bits per heavy atom. The van der Waals surface area contributed by atoms with Gasteiger partial charge < -0.3 is 30.2 Å². The Bertz CT molecular complexity index is 1430. The number of nitrogens with one attached hydrogen (secondary N) is 1. The lowest BCUT2D eigenvalue weighted by Crippen LogP contribution is -2.04. The van der Waals surface area contributed by atoms with Gasteiger partial charge in [-0.25, -0.2) is 19.2 Å². The zero-order valence-electron chi connectivity index (χ0n) is 15.9. The topological polar surface area (TPSA) is 174 Å². The molecule has 10 heteroatoms. The van der Waals surface area contributed by atoms with E-state index in [0.717, 1.165) is 6.07 Å². The molecular weight excluding hydrogens is 422 g/mol. The minimum absolute atomic E-state index is 0.0303. The van der Waals surface area contributed by atoms with Gasteiger partial charge in [0, 0.05) is 11.1 Å². The summed E-state index contributed by atoms with van der Waals surface area (Å²) in [5.41, 5.74) is -0.630. The summed E-state index contributed by atoms with van der Waals surface area (Å²) in [6, 6.07) is 10.4. The molecule has 0 atom stereocenters. The number of furan rings is 1. The Morgan fingerprint density at radius 1 is 0.688 bits per heavy atom. The lowest BCUT2D eigenvalue weighted by atomic mass is 10.0. The molecule has 0 radical (unpaired) electrons. The monoisotopic (exact) mass is 435 g/mol. The maximum Gasteiger partial charge on any atom is 0.339 e. The first-order valence-electron chi connectivity index (χ1n) is 9.01. The highest BCUT2D eigenvalue weighted by molar-refractivity contribution is 6.19. The fourth-order valence-corrected chi connectivity index (χ4v) is 3.45. The third kappa shape index (κ3) is 3.35. The standard InChI is InChI=1S/C22H13NO9/c24-19(25)9-6-10(20(26)27)8-11(7-9)23-15-5-4-14(22(30)31)18-16(15)12-2-1-3-13(21(28)29)17(12)32-18/h1-8,23H,(H,24,25)(H,26,27)(H,28,29)(H,30,31). The highest BCUT2D eigenvalue weighted by Crippen LogP contribution is 2.39. The molecule has 0 saturated carbocycles. The summed E-state index contributed by atoms with van der Waals surface area (Å²) in [6.45, 7) is 0. The molecule has 0 aliphatic carbocycles. The molecule has 3 aromatic carbocycles. The van der Waals surface area contributed by atoms with Crippen LogP contribution in [-0.2, 0) is 0 Å². The summed E-state index contributed by atoms with van der Waals surface area (Å²) in [7, 11) is 0. The van der Waals surface area contributed by atoms with E-state index in [1.165, 1.54) is 36.4 Å². The maximum absolute atomic E-state index is 11.7. The Hall–Kier alpha value is -4.86. The molecule has 32 heavy (non-hydrogen) atoms. The van der Waals surface area contributed by atoms with Crippen LogP contribution in [0.4, 0.5) is 11.4 Å². The molecule has 0 saturated heterocycles. The fourth-order valence-electron chi connectivity index (χ4n) is 3.45. The summed E-state index contributed by atoms with van der Waals surface area (Å²) >= 11 is 0. The number of hydrogen-bond donors (Lipinski definition) is 5. The first kappa shape index (κ1) is 20.4. The van der Waals surface area contributed by atoms with Gasteiger partial charge >= 0.3 is 23.9 Å². The number of fused-ring (bicyclic) bond motifs is 3. The molecule has 4 aromatic rings. The zero-order chi connectivity index (χ0) is 23.2. The van der Waals surface area contributed by atoms with E-state index in [0.29, 0.717) is 5.39 Å². The van der Waals surface area contributed by atoms with Gasteiger partial charge in [0.2, 0.25) is 0 Å². The SMILES string of the molecule is O=C(O)c1cc(Nc2ccc(C(=O)O)c3oc4c(C(=O)O)cccc4c23)cc(C(=O)O)c1. The van der Waals surface area contributed by atoms with E-state index < -0.39 is 23.9 Å². The van der Waals surface area contributed by atoms with Crippen LogP contribution in [0.2, 0.25) is 0 Å².